The lowest BCUT2D eigenvalue weighted by molar-refractivity contribution is 0.206. The van der Waals surface area contributed by atoms with Gasteiger partial charge in [-0.2, -0.15) is 0 Å². The molecule has 2 aromatic rings. The van der Waals surface area contributed by atoms with Gasteiger partial charge in [-0.25, -0.2) is 9.18 Å². The van der Waals surface area contributed by atoms with Crippen LogP contribution in [0.5, 0.6) is 5.75 Å². The molecule has 2 amide bonds. The molecule has 4 nitrogen and oxygen atoms in total. The molecule has 22 heavy (non-hydrogen) atoms. The van der Waals surface area contributed by atoms with Crippen LogP contribution < -0.4 is 10.1 Å². The standard InChI is InChI=1S/C17H17FN2O2/c1-22-16-7-6-14(10-15(16)18)19-17(21)20-9-8-12-4-2-3-5-13(12)11-20/h2-7,10H,8-9,11H2,1H3,(H,19,21). The molecule has 2 aromatic carbocycles. The Bertz CT molecular complexity index is 703. The van der Waals surface area contributed by atoms with E-state index >= 15 is 0 Å². The van der Waals surface area contributed by atoms with Gasteiger partial charge in [0.15, 0.2) is 11.6 Å². The van der Waals surface area contributed by atoms with Crippen molar-refractivity contribution in [2.24, 2.45) is 0 Å². The molecule has 3 rings (SSSR count). The molecule has 0 fully saturated rings. The van der Waals surface area contributed by atoms with Gasteiger partial charge in [-0.3, -0.25) is 0 Å². The van der Waals surface area contributed by atoms with Gasteiger partial charge in [-0.15, -0.1) is 0 Å². The molecule has 1 aliphatic heterocycles. The predicted molar refractivity (Wildman–Crippen MR) is 82.5 cm³/mol. The Morgan fingerprint density at radius 3 is 2.73 bits per heavy atom. The maximum absolute atomic E-state index is 13.7. The molecule has 0 radical (unpaired) electrons. The maximum atomic E-state index is 13.7. The number of hydrogen-bond donors (Lipinski definition) is 1. The third kappa shape index (κ3) is 2.88. The summed E-state index contributed by atoms with van der Waals surface area (Å²) in [4.78, 5) is 14.0. The highest BCUT2D eigenvalue weighted by molar-refractivity contribution is 5.89. The number of ether oxygens (including phenoxy) is 1. The van der Waals surface area contributed by atoms with E-state index in [-0.39, 0.29) is 11.8 Å². The number of nitrogens with one attached hydrogen (secondary N) is 1. The minimum atomic E-state index is -0.496. The molecule has 0 aliphatic carbocycles. The second kappa shape index (κ2) is 6.05. The Morgan fingerprint density at radius 1 is 1.23 bits per heavy atom. The molecule has 114 valence electrons. The summed E-state index contributed by atoms with van der Waals surface area (Å²) in [7, 11) is 1.40. The van der Waals surface area contributed by atoms with Crippen LogP contribution >= 0.6 is 0 Å². The molecule has 0 bridgehead atoms. The summed E-state index contributed by atoms with van der Waals surface area (Å²) in [6, 6.07) is 12.3. The molecule has 0 aromatic heterocycles. The lowest BCUT2D eigenvalue weighted by atomic mass is 10.0. The second-order valence-electron chi connectivity index (χ2n) is 5.22. The second-order valence-corrected chi connectivity index (χ2v) is 5.22. The largest absolute Gasteiger partial charge is 0.494 e. The van der Waals surface area contributed by atoms with Crippen molar-refractivity contribution >= 4 is 11.7 Å². The van der Waals surface area contributed by atoms with Crippen LogP contribution in [-0.4, -0.2) is 24.6 Å². The van der Waals surface area contributed by atoms with Crippen molar-refractivity contribution in [2.45, 2.75) is 13.0 Å². The number of amides is 2. The Hall–Kier alpha value is -2.56. The molecule has 0 atom stereocenters. The number of hydrogen-bond acceptors (Lipinski definition) is 2. The van der Waals surface area contributed by atoms with Gasteiger partial charge in [-0.05, 0) is 29.7 Å². The highest BCUT2D eigenvalue weighted by Gasteiger charge is 2.20. The number of rotatable bonds is 2. The smallest absolute Gasteiger partial charge is 0.322 e. The SMILES string of the molecule is COc1ccc(NC(=O)N2CCc3ccccc3C2)cc1F. The molecule has 0 spiro atoms. The average Bonchev–Trinajstić information content (AvgIpc) is 2.54. The summed E-state index contributed by atoms with van der Waals surface area (Å²) in [5.74, 6) is -0.339. The summed E-state index contributed by atoms with van der Waals surface area (Å²) >= 11 is 0. The van der Waals surface area contributed by atoms with Crippen molar-refractivity contribution in [2.75, 3.05) is 19.0 Å². The summed E-state index contributed by atoms with van der Waals surface area (Å²) in [5, 5.41) is 2.73. The minimum absolute atomic E-state index is 0.157. The van der Waals surface area contributed by atoms with Crippen LogP contribution in [0, 0.1) is 5.82 Å². The van der Waals surface area contributed by atoms with Crippen molar-refractivity contribution in [3.8, 4) is 5.75 Å². The van der Waals surface area contributed by atoms with Crippen molar-refractivity contribution in [3.63, 3.8) is 0 Å². The summed E-state index contributed by atoms with van der Waals surface area (Å²) in [6.07, 6.45) is 0.834. The number of urea groups is 1. The average molecular weight is 300 g/mol. The fraction of sp³-hybridized carbons (Fsp3) is 0.235. The van der Waals surface area contributed by atoms with Crippen LogP contribution in [-0.2, 0) is 13.0 Å². The number of benzene rings is 2. The zero-order valence-corrected chi connectivity index (χ0v) is 12.3. The van der Waals surface area contributed by atoms with Gasteiger partial charge in [0.05, 0.1) is 7.11 Å². The van der Waals surface area contributed by atoms with E-state index in [0.29, 0.717) is 18.8 Å². The number of carbonyl (C=O) groups is 1. The number of carbonyl (C=O) groups excluding carboxylic acids is 1. The third-order valence-electron chi connectivity index (χ3n) is 3.82. The zero-order valence-electron chi connectivity index (χ0n) is 12.3. The highest BCUT2D eigenvalue weighted by atomic mass is 19.1. The monoisotopic (exact) mass is 300 g/mol. The highest BCUT2D eigenvalue weighted by Crippen LogP contribution is 2.22. The van der Waals surface area contributed by atoms with Gasteiger partial charge in [0, 0.05) is 24.8 Å². The first-order valence-corrected chi connectivity index (χ1v) is 7.13. The molecule has 1 heterocycles. The third-order valence-corrected chi connectivity index (χ3v) is 3.82. The summed E-state index contributed by atoms with van der Waals surface area (Å²) < 4.78 is 18.5. The number of anilines is 1. The molecule has 1 N–H and O–H groups in total. The van der Waals surface area contributed by atoms with Gasteiger partial charge < -0.3 is 15.0 Å². The number of fused-ring (bicyclic) bond motifs is 1. The minimum Gasteiger partial charge on any atom is -0.494 e. The topological polar surface area (TPSA) is 41.6 Å². The first-order chi connectivity index (χ1) is 10.7. The van der Waals surface area contributed by atoms with Gasteiger partial charge >= 0.3 is 6.03 Å². The Balaban J connectivity index is 1.69. The first kappa shape index (κ1) is 14.4. The van der Waals surface area contributed by atoms with Crippen LogP contribution in [0.4, 0.5) is 14.9 Å². The molecule has 0 unspecified atom stereocenters. The number of methoxy groups -OCH3 is 1. The van der Waals surface area contributed by atoms with E-state index in [2.05, 4.69) is 11.4 Å². The van der Waals surface area contributed by atoms with E-state index in [1.165, 1.54) is 24.8 Å². The predicted octanol–water partition coefficient (Wildman–Crippen LogP) is 3.42. The maximum Gasteiger partial charge on any atom is 0.322 e. The van der Waals surface area contributed by atoms with Crippen LogP contribution in [0.2, 0.25) is 0 Å². The number of halogens is 1. The summed E-state index contributed by atoms with van der Waals surface area (Å²) in [5.41, 5.74) is 2.86. The van der Waals surface area contributed by atoms with Gasteiger partial charge in [-0.1, -0.05) is 24.3 Å². The fourth-order valence-electron chi connectivity index (χ4n) is 2.62. The van der Waals surface area contributed by atoms with Crippen molar-refractivity contribution < 1.29 is 13.9 Å². The van der Waals surface area contributed by atoms with E-state index in [1.54, 1.807) is 11.0 Å². The van der Waals surface area contributed by atoms with Crippen LogP contribution in [0.25, 0.3) is 0 Å². The lowest BCUT2D eigenvalue weighted by Gasteiger charge is -2.29. The van der Waals surface area contributed by atoms with Crippen molar-refractivity contribution in [1.82, 2.24) is 4.90 Å². The summed E-state index contributed by atoms with van der Waals surface area (Å²) in [6.45, 7) is 1.22. The quantitative estimate of drug-likeness (QED) is 0.923. The van der Waals surface area contributed by atoms with Crippen molar-refractivity contribution in [1.29, 1.82) is 0 Å². The Kier molecular flexibility index (Phi) is 3.96. The molecule has 1 aliphatic rings. The fourth-order valence-corrected chi connectivity index (χ4v) is 2.62. The van der Waals surface area contributed by atoms with Gasteiger partial charge in [0.25, 0.3) is 0 Å². The van der Waals surface area contributed by atoms with E-state index < -0.39 is 5.82 Å². The van der Waals surface area contributed by atoms with Crippen LogP contribution in [0.15, 0.2) is 42.5 Å². The Morgan fingerprint density at radius 2 is 2.00 bits per heavy atom. The molecule has 0 saturated carbocycles. The van der Waals surface area contributed by atoms with E-state index in [0.717, 1.165) is 12.0 Å². The molecule has 5 heteroatoms. The van der Waals surface area contributed by atoms with Crippen molar-refractivity contribution in [3.05, 3.63) is 59.4 Å². The molecule has 0 saturated heterocycles. The van der Waals surface area contributed by atoms with Gasteiger partial charge in [0.1, 0.15) is 0 Å². The van der Waals surface area contributed by atoms with Crippen LogP contribution in [0.3, 0.4) is 0 Å². The van der Waals surface area contributed by atoms with E-state index in [1.807, 2.05) is 18.2 Å². The van der Waals surface area contributed by atoms with Gasteiger partial charge in [0.2, 0.25) is 0 Å². The van der Waals surface area contributed by atoms with E-state index in [4.69, 9.17) is 4.74 Å². The molecular weight excluding hydrogens is 283 g/mol. The normalized spacial score (nSPS) is 13.5. The zero-order chi connectivity index (χ0) is 15.5. The molecular formula is C17H17FN2O2. The Labute approximate surface area is 128 Å². The first-order valence-electron chi connectivity index (χ1n) is 7.13. The van der Waals surface area contributed by atoms with Crippen LogP contribution in [0.1, 0.15) is 11.1 Å². The van der Waals surface area contributed by atoms with E-state index in [9.17, 15) is 9.18 Å². The number of nitrogens with zero attached hydrogens (tertiary/aromatic N) is 1. The lowest BCUT2D eigenvalue weighted by Crippen LogP contribution is -2.38.